The van der Waals surface area contributed by atoms with Crippen molar-refractivity contribution in [3.63, 3.8) is 0 Å². The van der Waals surface area contributed by atoms with Gasteiger partial charge in [-0.15, -0.1) is 0 Å². The van der Waals surface area contributed by atoms with E-state index in [0.717, 1.165) is 0 Å². The van der Waals surface area contributed by atoms with Gasteiger partial charge in [0.2, 0.25) is 0 Å². The first-order chi connectivity index (χ1) is 9.53. The summed E-state index contributed by atoms with van der Waals surface area (Å²) in [6.45, 7) is -2.02. The molecule has 1 aromatic carbocycles. The summed E-state index contributed by atoms with van der Waals surface area (Å²) in [4.78, 5) is -1.15. The van der Waals surface area contributed by atoms with E-state index in [4.69, 9.17) is 5.73 Å². The molecular weight excluding hydrogens is 321 g/mol. The van der Waals surface area contributed by atoms with Crippen molar-refractivity contribution in [2.24, 2.45) is 0 Å². The average molecular weight is 333 g/mol. The van der Waals surface area contributed by atoms with Crippen molar-refractivity contribution in [2.45, 2.75) is 17.5 Å². The predicted molar refractivity (Wildman–Crippen MR) is 64.3 cm³/mol. The van der Waals surface area contributed by atoms with E-state index in [-0.39, 0.29) is 12.1 Å². The Morgan fingerprint density at radius 3 is 2.14 bits per heavy atom. The average Bonchev–Trinajstić information content (AvgIpc) is 2.24. The number of rotatable bonds is 6. The molecule has 21 heavy (non-hydrogen) atoms. The van der Waals surface area contributed by atoms with Gasteiger partial charge in [-0.05, 0) is 18.6 Å². The number of anilines is 1. The highest BCUT2D eigenvalue weighted by Crippen LogP contribution is 2.23. The molecule has 120 valence electrons. The van der Waals surface area contributed by atoms with Gasteiger partial charge < -0.3 is 10.5 Å². The number of nitrogens with two attached hydrogens (primary N) is 1. The molecular formula is C11H12F5NO3S. The number of nitrogen functional groups attached to an aromatic ring is 1. The van der Waals surface area contributed by atoms with Crippen LogP contribution in [-0.2, 0) is 14.6 Å². The topological polar surface area (TPSA) is 69.4 Å². The Morgan fingerprint density at radius 2 is 1.67 bits per heavy atom. The molecule has 1 rings (SSSR count). The number of alkyl halides is 3. The molecule has 0 spiro atoms. The first kappa shape index (κ1) is 17.6. The third-order valence-electron chi connectivity index (χ3n) is 2.30. The molecule has 0 fully saturated rings. The Morgan fingerprint density at radius 1 is 1.14 bits per heavy atom. The van der Waals surface area contributed by atoms with Crippen molar-refractivity contribution in [1.29, 1.82) is 0 Å². The van der Waals surface area contributed by atoms with Crippen molar-refractivity contribution in [3.8, 4) is 0 Å². The number of ether oxygens (including phenoxy) is 1. The fraction of sp³-hybridized carbons (Fsp3) is 0.455. The largest absolute Gasteiger partial charge is 0.411 e. The van der Waals surface area contributed by atoms with E-state index in [9.17, 15) is 30.4 Å². The quantitative estimate of drug-likeness (QED) is 0.493. The zero-order valence-electron chi connectivity index (χ0n) is 10.6. The highest BCUT2D eigenvalue weighted by Gasteiger charge is 2.28. The van der Waals surface area contributed by atoms with Gasteiger partial charge in [-0.3, -0.25) is 0 Å². The summed E-state index contributed by atoms with van der Waals surface area (Å²) < 4.78 is 89.9. The Labute approximate surface area is 117 Å². The first-order valence-electron chi connectivity index (χ1n) is 5.65. The van der Waals surface area contributed by atoms with Crippen LogP contribution in [0.15, 0.2) is 17.0 Å². The maximum atomic E-state index is 13.5. The monoisotopic (exact) mass is 333 g/mol. The minimum absolute atomic E-state index is 0.280. The van der Waals surface area contributed by atoms with Crippen LogP contribution < -0.4 is 5.73 Å². The van der Waals surface area contributed by atoms with E-state index in [1.54, 1.807) is 0 Å². The standard InChI is InChI=1S/C11H12F5NO3S/c12-8-4-7(17)5-9(13)10(8)21(18,19)3-1-2-20-6-11(14,15)16/h4-5H,1-3,6,17H2. The second-order valence-corrected chi connectivity index (χ2v) is 6.20. The van der Waals surface area contributed by atoms with Gasteiger partial charge in [0.25, 0.3) is 0 Å². The fourth-order valence-corrected chi connectivity index (χ4v) is 2.93. The Bertz CT molecular complexity index is 577. The minimum atomic E-state index is -4.52. The fourth-order valence-electron chi connectivity index (χ4n) is 1.52. The molecule has 4 nitrogen and oxygen atoms in total. The summed E-state index contributed by atoms with van der Waals surface area (Å²) in [5.41, 5.74) is 4.87. The zero-order valence-corrected chi connectivity index (χ0v) is 11.4. The molecule has 0 aromatic heterocycles. The molecule has 0 amide bonds. The maximum Gasteiger partial charge on any atom is 0.411 e. The molecule has 0 aliphatic carbocycles. The second-order valence-electron chi connectivity index (χ2n) is 4.15. The molecule has 0 saturated carbocycles. The first-order valence-corrected chi connectivity index (χ1v) is 7.30. The van der Waals surface area contributed by atoms with Gasteiger partial charge in [0.1, 0.15) is 23.1 Å². The lowest BCUT2D eigenvalue weighted by Gasteiger charge is -2.09. The summed E-state index contributed by atoms with van der Waals surface area (Å²) in [7, 11) is -4.32. The molecule has 0 heterocycles. The van der Waals surface area contributed by atoms with Crippen LogP contribution in [0.4, 0.5) is 27.6 Å². The second kappa shape index (κ2) is 6.56. The van der Waals surface area contributed by atoms with Crippen LogP contribution in [0, 0.1) is 11.6 Å². The molecule has 0 saturated heterocycles. The van der Waals surface area contributed by atoms with Gasteiger partial charge in [-0.2, -0.15) is 13.2 Å². The molecule has 1 aromatic rings. The number of hydrogen-bond donors (Lipinski definition) is 1. The molecule has 10 heteroatoms. The number of hydrogen-bond acceptors (Lipinski definition) is 4. The third-order valence-corrected chi connectivity index (χ3v) is 4.14. The highest BCUT2D eigenvalue weighted by atomic mass is 32.2. The van der Waals surface area contributed by atoms with E-state index < -0.39 is 51.5 Å². The lowest BCUT2D eigenvalue weighted by molar-refractivity contribution is -0.173. The van der Waals surface area contributed by atoms with E-state index >= 15 is 0 Å². The van der Waals surface area contributed by atoms with Crippen LogP contribution in [0.1, 0.15) is 6.42 Å². The highest BCUT2D eigenvalue weighted by molar-refractivity contribution is 7.91. The summed E-state index contributed by atoms with van der Waals surface area (Å²) >= 11 is 0. The number of halogens is 5. The molecule has 0 aliphatic heterocycles. The van der Waals surface area contributed by atoms with Gasteiger partial charge in [0.15, 0.2) is 9.84 Å². The number of sulfone groups is 1. The zero-order chi connectivity index (χ0) is 16.3. The molecule has 0 radical (unpaired) electrons. The van der Waals surface area contributed by atoms with Crippen LogP contribution in [-0.4, -0.2) is 33.6 Å². The lowest BCUT2D eigenvalue weighted by atomic mass is 10.3. The Balaban J connectivity index is 2.67. The third kappa shape index (κ3) is 5.46. The van der Waals surface area contributed by atoms with Gasteiger partial charge >= 0.3 is 6.18 Å². The van der Waals surface area contributed by atoms with E-state index in [1.807, 2.05) is 0 Å². The molecule has 0 atom stereocenters. The molecule has 2 N–H and O–H groups in total. The van der Waals surface area contributed by atoms with Gasteiger partial charge in [-0.25, -0.2) is 17.2 Å². The minimum Gasteiger partial charge on any atom is -0.399 e. The normalized spacial score (nSPS) is 12.6. The molecule has 0 aliphatic rings. The maximum absolute atomic E-state index is 13.5. The van der Waals surface area contributed by atoms with Crippen LogP contribution in [0.25, 0.3) is 0 Å². The summed E-state index contributed by atoms with van der Waals surface area (Å²) in [6, 6.07) is 1.30. The van der Waals surface area contributed by atoms with Crippen LogP contribution in [0.3, 0.4) is 0 Å². The van der Waals surface area contributed by atoms with Crippen molar-refractivity contribution in [3.05, 3.63) is 23.8 Å². The van der Waals surface area contributed by atoms with Crippen molar-refractivity contribution in [2.75, 3.05) is 24.7 Å². The summed E-state index contributed by atoms with van der Waals surface area (Å²) in [6.07, 6.45) is -4.85. The molecule has 0 bridgehead atoms. The van der Waals surface area contributed by atoms with E-state index in [0.29, 0.717) is 12.1 Å². The SMILES string of the molecule is Nc1cc(F)c(S(=O)(=O)CCCOCC(F)(F)F)c(F)c1. The van der Waals surface area contributed by atoms with E-state index in [1.165, 1.54) is 0 Å². The van der Waals surface area contributed by atoms with Crippen molar-refractivity contribution >= 4 is 15.5 Å². The lowest BCUT2D eigenvalue weighted by Crippen LogP contribution is -2.19. The number of benzene rings is 1. The van der Waals surface area contributed by atoms with Gasteiger partial charge in [-0.1, -0.05) is 0 Å². The summed E-state index contributed by atoms with van der Waals surface area (Å²) in [5.74, 6) is -3.43. The smallest absolute Gasteiger partial charge is 0.399 e. The van der Waals surface area contributed by atoms with Crippen molar-refractivity contribution < 1.29 is 35.1 Å². The van der Waals surface area contributed by atoms with Crippen LogP contribution in [0.2, 0.25) is 0 Å². The van der Waals surface area contributed by atoms with Crippen molar-refractivity contribution in [1.82, 2.24) is 0 Å². The van der Waals surface area contributed by atoms with Gasteiger partial charge in [0.05, 0.1) is 5.75 Å². The molecule has 0 unspecified atom stereocenters. The Hall–Kier alpha value is -1.42. The predicted octanol–water partition coefficient (Wildman–Crippen LogP) is 2.29. The van der Waals surface area contributed by atoms with E-state index in [2.05, 4.69) is 4.74 Å². The Kier molecular flexibility index (Phi) is 5.51. The summed E-state index contributed by atoms with van der Waals surface area (Å²) in [5, 5.41) is 0. The van der Waals surface area contributed by atoms with Crippen LogP contribution >= 0.6 is 0 Å². The van der Waals surface area contributed by atoms with Crippen LogP contribution in [0.5, 0.6) is 0 Å². The van der Waals surface area contributed by atoms with Gasteiger partial charge in [0, 0.05) is 12.3 Å².